The van der Waals surface area contributed by atoms with E-state index in [9.17, 15) is 22.8 Å². The molecule has 9 heteroatoms. The number of para-hydroxylation sites is 1. The third-order valence-electron chi connectivity index (χ3n) is 3.16. The minimum absolute atomic E-state index is 0.127. The lowest BCUT2D eigenvalue weighted by atomic mass is 10.2. The second-order valence-corrected chi connectivity index (χ2v) is 5.32. The van der Waals surface area contributed by atoms with E-state index in [1.807, 2.05) is 0 Å². The number of aryl methyl sites for hydroxylation is 1. The average Bonchev–Trinajstić information content (AvgIpc) is 3.01. The number of carbonyl (C=O) groups excluding carboxylic acids is 2. The Kier molecular flexibility index (Phi) is 6.64. The van der Waals surface area contributed by atoms with Gasteiger partial charge in [-0.05, 0) is 31.2 Å². The van der Waals surface area contributed by atoms with Crippen LogP contribution in [0.15, 0.2) is 46.9 Å². The number of alkyl halides is 3. The first-order chi connectivity index (χ1) is 12.7. The van der Waals surface area contributed by atoms with Gasteiger partial charge in [0.05, 0.1) is 0 Å². The van der Waals surface area contributed by atoms with Crippen LogP contribution >= 0.6 is 0 Å². The van der Waals surface area contributed by atoms with Gasteiger partial charge in [0, 0.05) is 18.2 Å². The highest BCUT2D eigenvalue weighted by Crippen LogP contribution is 2.26. The van der Waals surface area contributed by atoms with Gasteiger partial charge in [-0.25, -0.2) is 4.79 Å². The SMILES string of the molecule is Cc1ccc(/C=C/C(=O)OCC(=O)NCc2ccccc2OC(F)(F)F)o1. The van der Waals surface area contributed by atoms with Crippen molar-refractivity contribution in [3.63, 3.8) is 0 Å². The molecule has 0 bridgehead atoms. The number of benzene rings is 1. The van der Waals surface area contributed by atoms with Crippen molar-refractivity contribution in [2.45, 2.75) is 19.8 Å². The molecule has 144 valence electrons. The first-order valence-corrected chi connectivity index (χ1v) is 7.74. The summed E-state index contributed by atoms with van der Waals surface area (Å²) in [5.41, 5.74) is 0.127. The molecule has 1 N–H and O–H groups in total. The molecular formula is C18H16F3NO5. The molecule has 2 aromatic rings. The van der Waals surface area contributed by atoms with Crippen LogP contribution in [0.1, 0.15) is 17.1 Å². The summed E-state index contributed by atoms with van der Waals surface area (Å²) < 4.78 is 50.9. The van der Waals surface area contributed by atoms with E-state index in [2.05, 4.69) is 10.1 Å². The van der Waals surface area contributed by atoms with Crippen LogP contribution in [0.5, 0.6) is 5.75 Å². The molecule has 1 aromatic carbocycles. The van der Waals surface area contributed by atoms with Crippen LogP contribution in [0.25, 0.3) is 6.08 Å². The van der Waals surface area contributed by atoms with Gasteiger partial charge in [0.1, 0.15) is 17.3 Å². The maximum atomic E-state index is 12.3. The summed E-state index contributed by atoms with van der Waals surface area (Å²) in [6.45, 7) is 0.949. The van der Waals surface area contributed by atoms with E-state index in [-0.39, 0.29) is 12.1 Å². The number of furan rings is 1. The van der Waals surface area contributed by atoms with Crippen LogP contribution in [-0.2, 0) is 20.9 Å². The highest BCUT2D eigenvalue weighted by Gasteiger charge is 2.31. The Morgan fingerprint density at radius 2 is 1.93 bits per heavy atom. The van der Waals surface area contributed by atoms with Crippen molar-refractivity contribution in [1.29, 1.82) is 0 Å². The van der Waals surface area contributed by atoms with Gasteiger partial charge in [-0.15, -0.1) is 13.2 Å². The van der Waals surface area contributed by atoms with Crippen molar-refractivity contribution in [2.24, 2.45) is 0 Å². The summed E-state index contributed by atoms with van der Waals surface area (Å²) in [5, 5.41) is 2.35. The number of rotatable bonds is 7. The van der Waals surface area contributed by atoms with Gasteiger partial charge >= 0.3 is 12.3 Å². The molecule has 0 aliphatic carbocycles. The van der Waals surface area contributed by atoms with Crippen molar-refractivity contribution in [3.05, 3.63) is 59.6 Å². The number of halogens is 3. The summed E-state index contributed by atoms with van der Waals surface area (Å²) in [7, 11) is 0. The molecule has 0 saturated heterocycles. The first kappa shape index (κ1) is 20.1. The molecule has 0 aliphatic heterocycles. The number of hydrogen-bond acceptors (Lipinski definition) is 5. The van der Waals surface area contributed by atoms with Gasteiger partial charge in [0.15, 0.2) is 6.61 Å². The summed E-state index contributed by atoms with van der Waals surface area (Å²) in [5.74, 6) is -0.723. The van der Waals surface area contributed by atoms with Crippen molar-refractivity contribution in [2.75, 3.05) is 6.61 Å². The van der Waals surface area contributed by atoms with Crippen molar-refractivity contribution < 1.29 is 36.7 Å². The zero-order chi connectivity index (χ0) is 19.9. The van der Waals surface area contributed by atoms with E-state index >= 15 is 0 Å². The fraction of sp³-hybridized carbons (Fsp3) is 0.222. The smallest absolute Gasteiger partial charge is 0.462 e. The lowest BCUT2D eigenvalue weighted by Crippen LogP contribution is -2.28. The van der Waals surface area contributed by atoms with E-state index < -0.39 is 30.6 Å². The number of carbonyl (C=O) groups is 2. The van der Waals surface area contributed by atoms with Crippen molar-refractivity contribution >= 4 is 18.0 Å². The van der Waals surface area contributed by atoms with Crippen LogP contribution in [-0.4, -0.2) is 24.8 Å². The predicted octanol–water partition coefficient (Wildman–Crippen LogP) is 3.36. The number of hydrogen-bond donors (Lipinski definition) is 1. The van der Waals surface area contributed by atoms with Crippen LogP contribution in [0.2, 0.25) is 0 Å². The highest BCUT2D eigenvalue weighted by molar-refractivity contribution is 5.88. The molecule has 0 spiro atoms. The minimum atomic E-state index is -4.84. The molecule has 0 fully saturated rings. The zero-order valence-corrected chi connectivity index (χ0v) is 14.2. The first-order valence-electron chi connectivity index (χ1n) is 7.74. The summed E-state index contributed by atoms with van der Waals surface area (Å²) in [6, 6.07) is 8.77. The number of amides is 1. The Balaban J connectivity index is 1.79. The van der Waals surface area contributed by atoms with E-state index in [1.54, 1.807) is 19.1 Å². The molecule has 0 atom stereocenters. The van der Waals surface area contributed by atoms with Crippen molar-refractivity contribution in [3.8, 4) is 5.75 Å². The third-order valence-corrected chi connectivity index (χ3v) is 3.16. The van der Waals surface area contributed by atoms with Gasteiger partial charge < -0.3 is 19.2 Å². The Hall–Kier alpha value is -3.23. The van der Waals surface area contributed by atoms with Gasteiger partial charge in [-0.1, -0.05) is 18.2 Å². The predicted molar refractivity (Wildman–Crippen MR) is 88.4 cm³/mol. The van der Waals surface area contributed by atoms with E-state index in [0.29, 0.717) is 11.5 Å². The molecule has 0 saturated carbocycles. The number of ether oxygens (including phenoxy) is 2. The van der Waals surface area contributed by atoms with Crippen LogP contribution in [0.4, 0.5) is 13.2 Å². The van der Waals surface area contributed by atoms with E-state index in [1.165, 1.54) is 24.3 Å². The standard InChI is InChI=1S/C18H16F3NO5/c1-12-6-7-14(26-12)8-9-17(24)25-11-16(23)22-10-13-4-2-3-5-15(13)27-18(19,20)21/h2-9H,10-11H2,1H3,(H,22,23)/b9-8+. The molecular weight excluding hydrogens is 367 g/mol. The Morgan fingerprint density at radius 1 is 1.19 bits per heavy atom. The minimum Gasteiger partial charge on any atom is -0.462 e. The van der Waals surface area contributed by atoms with Gasteiger partial charge in [0.25, 0.3) is 5.91 Å². The molecule has 2 rings (SSSR count). The molecule has 1 aromatic heterocycles. The average molecular weight is 383 g/mol. The van der Waals surface area contributed by atoms with Gasteiger partial charge in [0.2, 0.25) is 0 Å². The fourth-order valence-corrected chi connectivity index (χ4v) is 2.00. The van der Waals surface area contributed by atoms with Crippen LogP contribution in [0, 0.1) is 6.92 Å². The summed E-state index contributed by atoms with van der Waals surface area (Å²) >= 11 is 0. The number of nitrogens with one attached hydrogen (secondary N) is 1. The van der Waals surface area contributed by atoms with E-state index in [4.69, 9.17) is 9.15 Å². The maximum Gasteiger partial charge on any atom is 0.573 e. The molecule has 0 aliphatic rings. The zero-order valence-electron chi connectivity index (χ0n) is 14.2. The topological polar surface area (TPSA) is 77.8 Å². The van der Waals surface area contributed by atoms with Crippen LogP contribution in [0.3, 0.4) is 0 Å². The van der Waals surface area contributed by atoms with E-state index in [0.717, 1.165) is 12.1 Å². The molecule has 6 nitrogen and oxygen atoms in total. The molecule has 1 amide bonds. The van der Waals surface area contributed by atoms with Crippen LogP contribution < -0.4 is 10.1 Å². The maximum absolute atomic E-state index is 12.3. The monoisotopic (exact) mass is 383 g/mol. The molecule has 0 unspecified atom stereocenters. The molecule has 27 heavy (non-hydrogen) atoms. The lowest BCUT2D eigenvalue weighted by Gasteiger charge is -2.13. The second-order valence-electron chi connectivity index (χ2n) is 5.32. The summed E-state index contributed by atoms with van der Waals surface area (Å²) in [4.78, 5) is 23.2. The molecule has 0 radical (unpaired) electrons. The Morgan fingerprint density at radius 3 is 2.59 bits per heavy atom. The quantitative estimate of drug-likeness (QED) is 0.586. The second kappa shape index (κ2) is 8.93. The largest absolute Gasteiger partial charge is 0.573 e. The van der Waals surface area contributed by atoms with Crippen molar-refractivity contribution in [1.82, 2.24) is 5.32 Å². The fourth-order valence-electron chi connectivity index (χ4n) is 2.00. The van der Waals surface area contributed by atoms with Gasteiger partial charge in [-0.3, -0.25) is 4.79 Å². The molecule has 1 heterocycles. The Labute approximate surface area is 152 Å². The normalized spacial score (nSPS) is 11.4. The number of esters is 1. The Bertz CT molecular complexity index is 826. The third kappa shape index (κ3) is 7.27. The lowest BCUT2D eigenvalue weighted by molar-refractivity contribution is -0.274. The summed E-state index contributed by atoms with van der Waals surface area (Å²) in [6.07, 6.45) is -2.36. The highest BCUT2D eigenvalue weighted by atomic mass is 19.4. The van der Waals surface area contributed by atoms with Gasteiger partial charge in [-0.2, -0.15) is 0 Å².